The van der Waals surface area contributed by atoms with Gasteiger partial charge in [-0.05, 0) is 79.5 Å². The maximum absolute atomic E-state index is 5.87. The summed E-state index contributed by atoms with van der Waals surface area (Å²) in [5.41, 5.74) is 8.40. The molecule has 0 spiro atoms. The second kappa shape index (κ2) is 9.39. The van der Waals surface area contributed by atoms with E-state index in [0.29, 0.717) is 6.54 Å². The average Bonchev–Trinajstić information content (AvgIpc) is 3.35. The minimum absolute atomic E-state index is 0.0105. The molecule has 0 saturated carbocycles. The Morgan fingerprint density at radius 1 is 1.00 bits per heavy atom. The summed E-state index contributed by atoms with van der Waals surface area (Å²) in [6.45, 7) is 7.29. The fraction of sp³-hybridized carbons (Fsp3) is 0.250. The lowest BCUT2D eigenvalue weighted by molar-refractivity contribution is 0.310. The molecule has 1 aromatic carbocycles. The van der Waals surface area contributed by atoms with Crippen molar-refractivity contribution >= 4 is 17.3 Å². The van der Waals surface area contributed by atoms with Crippen LogP contribution in [0, 0.1) is 13.8 Å². The highest BCUT2D eigenvalue weighted by Crippen LogP contribution is 2.42. The summed E-state index contributed by atoms with van der Waals surface area (Å²) in [7, 11) is 0. The lowest BCUT2D eigenvalue weighted by Gasteiger charge is -2.28. The first-order valence-corrected chi connectivity index (χ1v) is 12.1. The third-order valence-corrected chi connectivity index (χ3v) is 7.03. The first-order valence-electron chi connectivity index (χ1n) is 11.7. The number of aryl methyl sites for hydroxylation is 2. The Labute approximate surface area is 206 Å². The topological polar surface area (TPSA) is 46.0 Å². The molecular weight excluding hydrogens is 438 g/mol. The lowest BCUT2D eigenvalue weighted by Crippen LogP contribution is -2.29. The van der Waals surface area contributed by atoms with Crippen LogP contribution in [-0.4, -0.2) is 24.5 Å². The molecule has 1 saturated heterocycles. The summed E-state index contributed by atoms with van der Waals surface area (Å²) in [6, 6.07) is 21.1. The van der Waals surface area contributed by atoms with E-state index in [1.807, 2.05) is 30.6 Å². The van der Waals surface area contributed by atoms with Crippen LogP contribution in [0.15, 0.2) is 79.3 Å². The van der Waals surface area contributed by atoms with Gasteiger partial charge in [-0.3, -0.25) is 9.97 Å². The lowest BCUT2D eigenvalue weighted by atomic mass is 9.96. The van der Waals surface area contributed by atoms with E-state index >= 15 is 0 Å². The monoisotopic (exact) mass is 467 g/mol. The normalized spacial score (nSPS) is 17.7. The Kier molecular flexibility index (Phi) is 6.16. The molecule has 1 aliphatic rings. The van der Waals surface area contributed by atoms with Crippen molar-refractivity contribution in [3.05, 3.63) is 113 Å². The second-order valence-corrected chi connectivity index (χ2v) is 9.15. The molecule has 4 aromatic rings. The van der Waals surface area contributed by atoms with Crippen molar-refractivity contribution in [2.75, 3.05) is 0 Å². The zero-order valence-electron chi connectivity index (χ0n) is 19.8. The van der Waals surface area contributed by atoms with Crippen molar-refractivity contribution in [3.8, 4) is 5.69 Å². The maximum Gasteiger partial charge on any atom is 0.170 e. The average molecular weight is 468 g/mol. The number of nitrogens with one attached hydrogen (secondary N) is 1. The molecule has 3 aromatic heterocycles. The van der Waals surface area contributed by atoms with Crippen molar-refractivity contribution in [2.45, 2.75) is 45.8 Å². The standard InChI is InChI=1S/C28H29N5S/c1-4-22-11-5-6-13-25(22)33-19(2)16-23(20(33)3)27-26(24-12-7-8-15-30-24)31-28(34)32(27)18-21-10-9-14-29-17-21/h5-17,26-27H,4,18H2,1-3H3,(H,31,34)/t26-,27+/m1/s1. The highest BCUT2D eigenvalue weighted by molar-refractivity contribution is 7.80. The SMILES string of the molecule is CCc1ccccc1-n1c(C)cc([C@H]2[C@@H](c3ccccn3)NC(=S)N2Cc2cccnc2)c1C. The van der Waals surface area contributed by atoms with Crippen molar-refractivity contribution in [2.24, 2.45) is 0 Å². The van der Waals surface area contributed by atoms with Crippen LogP contribution < -0.4 is 5.32 Å². The summed E-state index contributed by atoms with van der Waals surface area (Å²) in [4.78, 5) is 11.3. The van der Waals surface area contributed by atoms with Gasteiger partial charge in [0, 0.05) is 42.2 Å². The van der Waals surface area contributed by atoms with Gasteiger partial charge >= 0.3 is 0 Å². The molecule has 0 amide bonds. The summed E-state index contributed by atoms with van der Waals surface area (Å²) in [6.07, 6.45) is 6.55. The molecule has 2 atom stereocenters. The van der Waals surface area contributed by atoms with Crippen LogP contribution >= 0.6 is 12.2 Å². The van der Waals surface area contributed by atoms with E-state index in [9.17, 15) is 0 Å². The fourth-order valence-corrected chi connectivity index (χ4v) is 5.39. The van der Waals surface area contributed by atoms with Crippen molar-refractivity contribution < 1.29 is 0 Å². The molecule has 1 aliphatic heterocycles. The van der Waals surface area contributed by atoms with Gasteiger partial charge in [0.25, 0.3) is 0 Å². The first-order chi connectivity index (χ1) is 16.6. The number of rotatable bonds is 6. The number of nitrogens with zero attached hydrogens (tertiary/aromatic N) is 4. The molecule has 172 valence electrons. The third-order valence-electron chi connectivity index (χ3n) is 6.68. The van der Waals surface area contributed by atoms with Crippen molar-refractivity contribution in [1.29, 1.82) is 0 Å². The number of aromatic nitrogens is 3. The molecule has 34 heavy (non-hydrogen) atoms. The van der Waals surface area contributed by atoms with Gasteiger partial charge in [0.15, 0.2) is 5.11 Å². The smallest absolute Gasteiger partial charge is 0.170 e. The first kappa shape index (κ1) is 22.3. The largest absolute Gasteiger partial charge is 0.352 e. The predicted octanol–water partition coefficient (Wildman–Crippen LogP) is 5.62. The molecule has 6 heteroatoms. The summed E-state index contributed by atoms with van der Waals surface area (Å²) in [5.74, 6) is 0. The molecule has 5 nitrogen and oxygen atoms in total. The quantitative estimate of drug-likeness (QED) is 0.373. The number of hydrogen-bond donors (Lipinski definition) is 1. The number of benzene rings is 1. The number of hydrogen-bond acceptors (Lipinski definition) is 3. The number of para-hydroxylation sites is 1. The maximum atomic E-state index is 5.87. The zero-order chi connectivity index (χ0) is 23.7. The van der Waals surface area contributed by atoms with Crippen LogP contribution in [0.25, 0.3) is 5.69 Å². The predicted molar refractivity (Wildman–Crippen MR) is 140 cm³/mol. The Morgan fingerprint density at radius 3 is 2.56 bits per heavy atom. The molecule has 5 rings (SSSR count). The van der Waals surface area contributed by atoms with E-state index in [1.165, 1.54) is 28.2 Å². The zero-order valence-corrected chi connectivity index (χ0v) is 20.6. The van der Waals surface area contributed by atoms with E-state index in [1.54, 1.807) is 6.20 Å². The van der Waals surface area contributed by atoms with E-state index in [-0.39, 0.29) is 12.1 Å². The van der Waals surface area contributed by atoms with Crippen LogP contribution in [0.4, 0.5) is 0 Å². The molecule has 1 fully saturated rings. The number of thiocarbonyl (C=S) groups is 1. The number of pyridine rings is 2. The van der Waals surface area contributed by atoms with Crippen molar-refractivity contribution in [1.82, 2.24) is 24.8 Å². The van der Waals surface area contributed by atoms with Crippen LogP contribution in [0.3, 0.4) is 0 Å². The molecule has 0 unspecified atom stereocenters. The van der Waals surface area contributed by atoms with Gasteiger partial charge in [-0.25, -0.2) is 0 Å². The Morgan fingerprint density at radius 2 is 1.82 bits per heavy atom. The minimum atomic E-state index is -0.0410. The van der Waals surface area contributed by atoms with E-state index in [0.717, 1.165) is 22.8 Å². The molecular formula is C28H29N5S. The third kappa shape index (κ3) is 3.99. The van der Waals surface area contributed by atoms with Gasteiger partial charge < -0.3 is 14.8 Å². The van der Waals surface area contributed by atoms with Gasteiger partial charge in [-0.15, -0.1) is 0 Å². The Bertz CT molecular complexity index is 1300. The van der Waals surface area contributed by atoms with Crippen LogP contribution in [0.5, 0.6) is 0 Å². The van der Waals surface area contributed by atoms with Crippen molar-refractivity contribution in [3.63, 3.8) is 0 Å². The molecule has 0 aliphatic carbocycles. The molecule has 0 bridgehead atoms. The van der Waals surface area contributed by atoms with E-state index in [2.05, 4.69) is 88.0 Å². The second-order valence-electron chi connectivity index (χ2n) is 8.76. The summed E-state index contributed by atoms with van der Waals surface area (Å²) < 4.78 is 2.38. The van der Waals surface area contributed by atoms with Crippen LogP contribution in [-0.2, 0) is 13.0 Å². The highest BCUT2D eigenvalue weighted by atomic mass is 32.1. The summed E-state index contributed by atoms with van der Waals surface area (Å²) >= 11 is 5.87. The van der Waals surface area contributed by atoms with Gasteiger partial charge in [-0.1, -0.05) is 37.3 Å². The molecule has 1 N–H and O–H groups in total. The van der Waals surface area contributed by atoms with Crippen LogP contribution in [0.1, 0.15) is 52.8 Å². The van der Waals surface area contributed by atoms with Gasteiger partial charge in [0.1, 0.15) is 0 Å². The minimum Gasteiger partial charge on any atom is -0.352 e. The van der Waals surface area contributed by atoms with Gasteiger partial charge in [0.2, 0.25) is 0 Å². The fourth-order valence-electron chi connectivity index (χ4n) is 5.09. The Hall–Kier alpha value is -3.51. The van der Waals surface area contributed by atoms with E-state index in [4.69, 9.17) is 12.2 Å². The van der Waals surface area contributed by atoms with E-state index < -0.39 is 0 Å². The Balaban J connectivity index is 1.64. The molecule has 4 heterocycles. The molecule has 0 radical (unpaired) electrons. The summed E-state index contributed by atoms with van der Waals surface area (Å²) in [5, 5.41) is 4.31. The van der Waals surface area contributed by atoms with Gasteiger partial charge in [-0.2, -0.15) is 0 Å². The highest BCUT2D eigenvalue weighted by Gasteiger charge is 2.41. The van der Waals surface area contributed by atoms with Crippen LogP contribution in [0.2, 0.25) is 0 Å². The van der Waals surface area contributed by atoms with Gasteiger partial charge in [0.05, 0.1) is 17.8 Å².